The van der Waals surface area contributed by atoms with E-state index in [-0.39, 0.29) is 12.5 Å². The van der Waals surface area contributed by atoms with Gasteiger partial charge in [-0.05, 0) is 6.42 Å². The van der Waals surface area contributed by atoms with Gasteiger partial charge in [0.05, 0.1) is 19.4 Å². The van der Waals surface area contributed by atoms with Crippen LogP contribution in [0.3, 0.4) is 0 Å². The summed E-state index contributed by atoms with van der Waals surface area (Å²) in [6.07, 6.45) is 6.33. The average Bonchev–Trinajstić information content (AvgIpc) is 2.38. The molecule has 0 aliphatic rings. The fourth-order valence-corrected chi connectivity index (χ4v) is 1.64. The lowest BCUT2D eigenvalue weighted by atomic mass is 10.2. The van der Waals surface area contributed by atoms with Gasteiger partial charge < -0.3 is 9.84 Å². The van der Waals surface area contributed by atoms with Crippen LogP contribution in [0.4, 0.5) is 0 Å². The molecule has 18 heavy (non-hydrogen) atoms. The van der Waals surface area contributed by atoms with Gasteiger partial charge in [-0.25, -0.2) is 9.97 Å². The number of ether oxygens (including phenoxy) is 1. The van der Waals surface area contributed by atoms with Crippen LogP contribution in [0.25, 0.3) is 0 Å². The normalized spacial score (nSPS) is 10.9. The Morgan fingerprint density at radius 3 is 2.67 bits per heavy atom. The highest BCUT2D eigenvalue weighted by Gasteiger charge is 2.09. The first-order valence-corrected chi connectivity index (χ1v) is 6.78. The van der Waals surface area contributed by atoms with Gasteiger partial charge in [-0.15, -0.1) is 0 Å². The Labute approximate surface area is 109 Å². The molecule has 1 N–H and O–H groups in total. The number of nitrogens with zero attached hydrogens (tertiary/aromatic N) is 2. The van der Waals surface area contributed by atoms with E-state index in [0.717, 1.165) is 12.2 Å². The molecule has 0 saturated heterocycles. The van der Waals surface area contributed by atoms with Crippen LogP contribution in [-0.4, -0.2) is 21.7 Å². The number of rotatable bonds is 8. The van der Waals surface area contributed by atoms with Crippen LogP contribution in [0.2, 0.25) is 0 Å². The van der Waals surface area contributed by atoms with Gasteiger partial charge in [-0.1, -0.05) is 40.0 Å². The molecule has 4 nitrogen and oxygen atoms in total. The van der Waals surface area contributed by atoms with Crippen LogP contribution in [0, 0.1) is 0 Å². The Morgan fingerprint density at radius 2 is 2.06 bits per heavy atom. The van der Waals surface area contributed by atoms with Crippen molar-refractivity contribution in [1.29, 1.82) is 0 Å². The van der Waals surface area contributed by atoms with Crippen LogP contribution in [0.15, 0.2) is 6.20 Å². The predicted molar refractivity (Wildman–Crippen MR) is 71.7 cm³/mol. The van der Waals surface area contributed by atoms with E-state index in [0.29, 0.717) is 18.1 Å². The molecule has 1 aromatic rings. The zero-order valence-corrected chi connectivity index (χ0v) is 11.6. The number of hydrogen-bond acceptors (Lipinski definition) is 4. The second-order valence-corrected chi connectivity index (χ2v) is 4.76. The first-order chi connectivity index (χ1) is 8.69. The van der Waals surface area contributed by atoms with E-state index in [9.17, 15) is 5.11 Å². The number of aliphatic hydroxyl groups excluding tert-OH is 1. The SMILES string of the molecule is CCCCCCOc1cnc(C(C)C)nc1CO. The van der Waals surface area contributed by atoms with Crippen LogP contribution in [0.1, 0.15) is 63.9 Å². The molecule has 1 aromatic heterocycles. The predicted octanol–water partition coefficient (Wildman–Crippen LogP) is 3.05. The molecule has 0 aromatic carbocycles. The van der Waals surface area contributed by atoms with E-state index < -0.39 is 0 Å². The van der Waals surface area contributed by atoms with Crippen LogP contribution >= 0.6 is 0 Å². The summed E-state index contributed by atoms with van der Waals surface area (Å²) in [7, 11) is 0. The van der Waals surface area contributed by atoms with Gasteiger partial charge in [0.2, 0.25) is 0 Å². The maximum atomic E-state index is 9.30. The molecule has 0 atom stereocenters. The average molecular weight is 252 g/mol. The Balaban J connectivity index is 2.54. The molecule has 0 saturated carbocycles. The molecular weight excluding hydrogens is 228 g/mol. The van der Waals surface area contributed by atoms with Gasteiger partial charge in [0.15, 0.2) is 5.75 Å². The van der Waals surface area contributed by atoms with Crippen molar-refractivity contribution in [3.8, 4) is 5.75 Å². The van der Waals surface area contributed by atoms with Crippen molar-refractivity contribution in [1.82, 2.24) is 9.97 Å². The third-order valence-electron chi connectivity index (χ3n) is 2.77. The highest BCUT2D eigenvalue weighted by atomic mass is 16.5. The standard InChI is InChI=1S/C14H24N2O2/c1-4-5-6-7-8-18-13-9-15-14(11(2)3)16-12(13)10-17/h9,11,17H,4-8,10H2,1-3H3. The monoisotopic (exact) mass is 252 g/mol. The Kier molecular flexibility index (Phi) is 6.65. The quantitative estimate of drug-likeness (QED) is 0.722. The number of unbranched alkanes of at least 4 members (excludes halogenated alkanes) is 3. The fourth-order valence-electron chi connectivity index (χ4n) is 1.64. The molecule has 102 valence electrons. The third kappa shape index (κ3) is 4.61. The first kappa shape index (κ1) is 14.9. The minimum absolute atomic E-state index is 0.105. The molecule has 0 aliphatic heterocycles. The molecule has 0 fully saturated rings. The van der Waals surface area contributed by atoms with Crippen LogP contribution in [-0.2, 0) is 6.61 Å². The van der Waals surface area contributed by atoms with Crippen LogP contribution in [0.5, 0.6) is 5.75 Å². The first-order valence-electron chi connectivity index (χ1n) is 6.78. The van der Waals surface area contributed by atoms with Gasteiger partial charge >= 0.3 is 0 Å². The molecule has 0 radical (unpaired) electrons. The van der Waals surface area contributed by atoms with E-state index in [4.69, 9.17) is 4.74 Å². The van der Waals surface area contributed by atoms with Crippen molar-refractivity contribution in [3.63, 3.8) is 0 Å². The summed E-state index contributed by atoms with van der Waals surface area (Å²) in [6, 6.07) is 0. The summed E-state index contributed by atoms with van der Waals surface area (Å²) in [5, 5.41) is 9.30. The molecule has 4 heteroatoms. The minimum Gasteiger partial charge on any atom is -0.490 e. The van der Waals surface area contributed by atoms with Crippen molar-refractivity contribution >= 4 is 0 Å². The lowest BCUT2D eigenvalue weighted by Gasteiger charge is -2.11. The van der Waals surface area contributed by atoms with E-state index in [1.54, 1.807) is 6.20 Å². The number of hydrogen-bond donors (Lipinski definition) is 1. The summed E-state index contributed by atoms with van der Waals surface area (Å²) in [4.78, 5) is 8.57. The van der Waals surface area contributed by atoms with E-state index in [1.807, 2.05) is 13.8 Å². The van der Waals surface area contributed by atoms with Crippen molar-refractivity contribution < 1.29 is 9.84 Å². The smallest absolute Gasteiger partial charge is 0.161 e. The van der Waals surface area contributed by atoms with Gasteiger partial charge in [0.25, 0.3) is 0 Å². The van der Waals surface area contributed by atoms with Crippen molar-refractivity contribution in [3.05, 3.63) is 17.7 Å². The second kappa shape index (κ2) is 8.03. The highest BCUT2D eigenvalue weighted by Crippen LogP contribution is 2.18. The third-order valence-corrected chi connectivity index (χ3v) is 2.77. The Bertz CT molecular complexity index is 354. The number of aromatic nitrogens is 2. The van der Waals surface area contributed by atoms with E-state index >= 15 is 0 Å². The maximum absolute atomic E-state index is 9.30. The molecule has 1 rings (SSSR count). The fraction of sp³-hybridized carbons (Fsp3) is 0.714. The summed E-state index contributed by atoms with van der Waals surface area (Å²) in [5.41, 5.74) is 0.587. The second-order valence-electron chi connectivity index (χ2n) is 4.76. The van der Waals surface area contributed by atoms with Crippen molar-refractivity contribution in [2.45, 2.75) is 59.0 Å². The molecule has 0 spiro atoms. The Morgan fingerprint density at radius 1 is 1.28 bits per heavy atom. The van der Waals surface area contributed by atoms with Crippen molar-refractivity contribution in [2.75, 3.05) is 6.61 Å². The van der Waals surface area contributed by atoms with Crippen molar-refractivity contribution in [2.24, 2.45) is 0 Å². The molecular formula is C14H24N2O2. The molecule has 0 unspecified atom stereocenters. The zero-order valence-electron chi connectivity index (χ0n) is 11.6. The summed E-state index contributed by atoms with van der Waals surface area (Å²) < 4.78 is 5.62. The van der Waals surface area contributed by atoms with Crippen LogP contribution < -0.4 is 4.74 Å². The van der Waals surface area contributed by atoms with Gasteiger partial charge in [0.1, 0.15) is 11.5 Å². The molecule has 0 amide bonds. The summed E-state index contributed by atoms with van der Waals surface area (Å²) in [6.45, 7) is 6.80. The number of aliphatic hydroxyl groups is 1. The maximum Gasteiger partial charge on any atom is 0.161 e. The summed E-state index contributed by atoms with van der Waals surface area (Å²) in [5.74, 6) is 1.62. The largest absolute Gasteiger partial charge is 0.490 e. The minimum atomic E-state index is -0.105. The van der Waals surface area contributed by atoms with Gasteiger partial charge in [-0.3, -0.25) is 0 Å². The van der Waals surface area contributed by atoms with E-state index in [1.165, 1.54) is 19.3 Å². The molecule has 0 bridgehead atoms. The Hall–Kier alpha value is -1.16. The topological polar surface area (TPSA) is 55.2 Å². The molecule has 1 heterocycles. The lowest BCUT2D eigenvalue weighted by Crippen LogP contribution is -2.06. The summed E-state index contributed by atoms with van der Waals surface area (Å²) >= 11 is 0. The lowest BCUT2D eigenvalue weighted by molar-refractivity contribution is 0.252. The molecule has 0 aliphatic carbocycles. The van der Waals surface area contributed by atoms with Gasteiger partial charge in [-0.2, -0.15) is 0 Å². The van der Waals surface area contributed by atoms with E-state index in [2.05, 4.69) is 16.9 Å². The highest BCUT2D eigenvalue weighted by molar-refractivity contribution is 5.24. The zero-order chi connectivity index (χ0) is 13.4. The van der Waals surface area contributed by atoms with Gasteiger partial charge in [0, 0.05) is 5.92 Å².